The van der Waals surface area contributed by atoms with Crippen molar-refractivity contribution < 1.29 is 9.47 Å². The SMILES string of the molecule is COCCCOCCC(C(C)C)C(C)Cl. The van der Waals surface area contributed by atoms with Gasteiger partial charge in [-0.1, -0.05) is 13.8 Å². The van der Waals surface area contributed by atoms with Gasteiger partial charge in [-0.2, -0.15) is 0 Å². The van der Waals surface area contributed by atoms with Gasteiger partial charge in [0.05, 0.1) is 0 Å². The summed E-state index contributed by atoms with van der Waals surface area (Å²) >= 11 is 6.13. The molecule has 0 fully saturated rings. The van der Waals surface area contributed by atoms with E-state index in [0.717, 1.165) is 32.7 Å². The van der Waals surface area contributed by atoms with Crippen molar-refractivity contribution in [2.24, 2.45) is 11.8 Å². The third-order valence-corrected chi connectivity index (χ3v) is 3.00. The summed E-state index contributed by atoms with van der Waals surface area (Å²) in [5.74, 6) is 1.18. The van der Waals surface area contributed by atoms with Crippen molar-refractivity contribution in [3.05, 3.63) is 0 Å². The maximum atomic E-state index is 6.13. The van der Waals surface area contributed by atoms with Crippen molar-refractivity contribution in [3.63, 3.8) is 0 Å². The van der Waals surface area contributed by atoms with Gasteiger partial charge in [-0.05, 0) is 31.6 Å². The van der Waals surface area contributed by atoms with E-state index in [4.69, 9.17) is 21.1 Å². The quantitative estimate of drug-likeness (QED) is 0.452. The first kappa shape index (κ1) is 15.2. The van der Waals surface area contributed by atoms with E-state index in [9.17, 15) is 0 Å². The summed E-state index contributed by atoms with van der Waals surface area (Å²) in [6.07, 6.45) is 2.02. The van der Waals surface area contributed by atoms with E-state index in [1.165, 1.54) is 0 Å². The van der Waals surface area contributed by atoms with Crippen molar-refractivity contribution in [1.29, 1.82) is 0 Å². The highest BCUT2D eigenvalue weighted by molar-refractivity contribution is 6.20. The molecule has 0 aromatic heterocycles. The summed E-state index contributed by atoms with van der Waals surface area (Å²) < 4.78 is 10.5. The van der Waals surface area contributed by atoms with Gasteiger partial charge < -0.3 is 9.47 Å². The molecule has 0 aromatic carbocycles. The van der Waals surface area contributed by atoms with Gasteiger partial charge in [0.25, 0.3) is 0 Å². The fourth-order valence-corrected chi connectivity index (χ4v) is 2.14. The van der Waals surface area contributed by atoms with Crippen LogP contribution in [0.3, 0.4) is 0 Å². The number of halogens is 1. The fourth-order valence-electron chi connectivity index (χ4n) is 1.72. The van der Waals surface area contributed by atoms with Gasteiger partial charge in [0, 0.05) is 32.3 Å². The zero-order valence-corrected chi connectivity index (χ0v) is 11.2. The summed E-state index contributed by atoms with van der Waals surface area (Å²) in [4.78, 5) is 0. The lowest BCUT2D eigenvalue weighted by molar-refractivity contribution is 0.0892. The predicted molar refractivity (Wildman–Crippen MR) is 65.6 cm³/mol. The minimum Gasteiger partial charge on any atom is -0.385 e. The lowest BCUT2D eigenvalue weighted by Crippen LogP contribution is -2.20. The summed E-state index contributed by atoms with van der Waals surface area (Å²) in [5, 5.41) is 0.229. The van der Waals surface area contributed by atoms with E-state index in [0.29, 0.717) is 11.8 Å². The highest BCUT2D eigenvalue weighted by Crippen LogP contribution is 2.23. The number of hydrogen-bond acceptors (Lipinski definition) is 2. The van der Waals surface area contributed by atoms with E-state index in [1.54, 1.807) is 7.11 Å². The van der Waals surface area contributed by atoms with Gasteiger partial charge in [0.15, 0.2) is 0 Å². The Hall–Kier alpha value is 0.210. The number of rotatable bonds is 9. The molecule has 2 unspecified atom stereocenters. The summed E-state index contributed by atoms with van der Waals surface area (Å²) in [7, 11) is 1.71. The first-order chi connectivity index (χ1) is 7.09. The second-order valence-electron chi connectivity index (χ2n) is 4.33. The van der Waals surface area contributed by atoms with Crippen LogP contribution in [0.2, 0.25) is 0 Å². The van der Waals surface area contributed by atoms with Crippen molar-refractivity contribution in [3.8, 4) is 0 Å². The van der Waals surface area contributed by atoms with E-state index in [-0.39, 0.29) is 5.38 Å². The summed E-state index contributed by atoms with van der Waals surface area (Å²) in [6, 6.07) is 0. The van der Waals surface area contributed by atoms with Crippen LogP contribution in [0, 0.1) is 11.8 Å². The lowest BCUT2D eigenvalue weighted by atomic mass is 9.90. The molecule has 0 aliphatic rings. The molecule has 15 heavy (non-hydrogen) atoms. The number of ether oxygens (including phenoxy) is 2. The first-order valence-electron chi connectivity index (χ1n) is 5.80. The van der Waals surface area contributed by atoms with Gasteiger partial charge in [-0.15, -0.1) is 11.6 Å². The van der Waals surface area contributed by atoms with Gasteiger partial charge in [0.1, 0.15) is 0 Å². The van der Waals surface area contributed by atoms with Crippen LogP contribution >= 0.6 is 11.6 Å². The van der Waals surface area contributed by atoms with Gasteiger partial charge >= 0.3 is 0 Å². The van der Waals surface area contributed by atoms with E-state index in [2.05, 4.69) is 20.8 Å². The molecule has 0 saturated carbocycles. The second-order valence-corrected chi connectivity index (χ2v) is 5.02. The minimum atomic E-state index is 0.229. The highest BCUT2D eigenvalue weighted by Gasteiger charge is 2.18. The molecule has 0 aliphatic carbocycles. The molecular formula is C12H25ClO2. The Morgan fingerprint density at radius 1 is 1.07 bits per heavy atom. The molecule has 0 heterocycles. The highest BCUT2D eigenvalue weighted by atomic mass is 35.5. The first-order valence-corrected chi connectivity index (χ1v) is 6.24. The van der Waals surface area contributed by atoms with Gasteiger partial charge in [-0.25, -0.2) is 0 Å². The Morgan fingerprint density at radius 3 is 2.20 bits per heavy atom. The Balaban J connectivity index is 3.46. The van der Waals surface area contributed by atoms with Crippen LogP contribution in [-0.4, -0.2) is 32.3 Å². The van der Waals surface area contributed by atoms with Crippen molar-refractivity contribution in [1.82, 2.24) is 0 Å². The molecule has 0 spiro atoms. The van der Waals surface area contributed by atoms with Crippen LogP contribution in [-0.2, 0) is 9.47 Å². The maximum absolute atomic E-state index is 6.13. The van der Waals surface area contributed by atoms with E-state index >= 15 is 0 Å². The summed E-state index contributed by atoms with van der Waals surface area (Å²) in [5.41, 5.74) is 0. The Morgan fingerprint density at radius 2 is 1.73 bits per heavy atom. The van der Waals surface area contributed by atoms with Crippen LogP contribution in [0.5, 0.6) is 0 Å². The molecular weight excluding hydrogens is 212 g/mol. The topological polar surface area (TPSA) is 18.5 Å². The largest absolute Gasteiger partial charge is 0.385 e. The standard InChI is InChI=1S/C12H25ClO2/c1-10(2)12(11(3)13)6-9-15-8-5-7-14-4/h10-12H,5-9H2,1-4H3. The molecule has 0 bridgehead atoms. The molecule has 0 rings (SSSR count). The number of methoxy groups -OCH3 is 1. The normalized spacial score (nSPS) is 15.6. The number of alkyl halides is 1. The molecule has 0 aromatic rings. The Labute approximate surface area is 99.3 Å². The van der Waals surface area contributed by atoms with E-state index in [1.807, 2.05) is 0 Å². The molecule has 92 valence electrons. The zero-order chi connectivity index (χ0) is 11.7. The monoisotopic (exact) mass is 236 g/mol. The van der Waals surface area contributed by atoms with E-state index < -0.39 is 0 Å². The Bertz CT molecular complexity index is 130. The molecule has 0 aliphatic heterocycles. The fraction of sp³-hybridized carbons (Fsp3) is 1.00. The third kappa shape index (κ3) is 8.06. The van der Waals surface area contributed by atoms with Crippen LogP contribution in [0.25, 0.3) is 0 Å². The number of hydrogen-bond donors (Lipinski definition) is 0. The smallest absolute Gasteiger partial charge is 0.0487 e. The third-order valence-electron chi connectivity index (χ3n) is 2.68. The minimum absolute atomic E-state index is 0.229. The average molecular weight is 237 g/mol. The van der Waals surface area contributed by atoms with Crippen LogP contribution in [0.15, 0.2) is 0 Å². The molecule has 3 heteroatoms. The molecule has 0 N–H and O–H groups in total. The van der Waals surface area contributed by atoms with Crippen LogP contribution in [0.1, 0.15) is 33.6 Å². The van der Waals surface area contributed by atoms with Crippen molar-refractivity contribution in [2.45, 2.75) is 39.0 Å². The van der Waals surface area contributed by atoms with Crippen LogP contribution in [0.4, 0.5) is 0 Å². The molecule has 0 radical (unpaired) electrons. The molecule has 0 amide bonds. The molecule has 0 saturated heterocycles. The predicted octanol–water partition coefficient (Wildman–Crippen LogP) is 3.33. The lowest BCUT2D eigenvalue weighted by Gasteiger charge is -2.23. The maximum Gasteiger partial charge on any atom is 0.0487 e. The molecule has 2 nitrogen and oxygen atoms in total. The zero-order valence-electron chi connectivity index (χ0n) is 10.5. The van der Waals surface area contributed by atoms with Crippen molar-refractivity contribution in [2.75, 3.05) is 26.9 Å². The summed E-state index contributed by atoms with van der Waals surface area (Å²) in [6.45, 7) is 8.87. The average Bonchev–Trinajstić information content (AvgIpc) is 2.15. The molecule has 2 atom stereocenters. The Kier molecular flexibility index (Phi) is 9.57. The van der Waals surface area contributed by atoms with Gasteiger partial charge in [-0.3, -0.25) is 0 Å². The van der Waals surface area contributed by atoms with Crippen LogP contribution < -0.4 is 0 Å². The second kappa shape index (κ2) is 9.44. The van der Waals surface area contributed by atoms with Crippen molar-refractivity contribution >= 4 is 11.6 Å². The van der Waals surface area contributed by atoms with Gasteiger partial charge in [0.2, 0.25) is 0 Å².